The Kier molecular flexibility index (Phi) is 7.63. The third-order valence-electron chi connectivity index (χ3n) is 3.58. The van der Waals surface area contributed by atoms with E-state index in [2.05, 4.69) is 6.92 Å². The van der Waals surface area contributed by atoms with Gasteiger partial charge in [0.05, 0.1) is 5.92 Å². The Morgan fingerprint density at radius 2 is 1.60 bits per heavy atom. The Hall–Kier alpha value is -1.64. The summed E-state index contributed by atoms with van der Waals surface area (Å²) in [6.07, 6.45) is 7.44. The molecule has 0 saturated carbocycles. The lowest BCUT2D eigenvalue weighted by molar-refractivity contribution is -0.149. The van der Waals surface area contributed by atoms with Crippen LogP contribution in [0.2, 0.25) is 0 Å². The fraction of sp³-hybridized carbons (Fsp3) is 0.529. The van der Waals surface area contributed by atoms with Crippen molar-refractivity contribution in [2.75, 3.05) is 0 Å². The van der Waals surface area contributed by atoms with Crippen LogP contribution in [-0.4, -0.2) is 16.9 Å². The van der Waals surface area contributed by atoms with E-state index in [0.29, 0.717) is 6.42 Å². The average Bonchev–Trinajstić information content (AvgIpc) is 2.47. The molecular formula is C17H24O3. The molecule has 1 N–H and O–H groups in total. The van der Waals surface area contributed by atoms with Crippen molar-refractivity contribution in [3.8, 4) is 0 Å². The molecule has 0 heterocycles. The average molecular weight is 276 g/mol. The number of carbonyl (C=O) groups excluding carboxylic acids is 1. The second kappa shape index (κ2) is 9.29. The van der Waals surface area contributed by atoms with E-state index in [0.717, 1.165) is 24.8 Å². The predicted octanol–water partition coefficient (Wildman–Crippen LogP) is 4.17. The van der Waals surface area contributed by atoms with Crippen LogP contribution in [0.25, 0.3) is 0 Å². The summed E-state index contributed by atoms with van der Waals surface area (Å²) in [5, 5.41) is 8.94. The van der Waals surface area contributed by atoms with Gasteiger partial charge < -0.3 is 5.11 Å². The van der Waals surface area contributed by atoms with Crippen LogP contribution >= 0.6 is 0 Å². The first-order chi connectivity index (χ1) is 9.66. The van der Waals surface area contributed by atoms with Crippen molar-refractivity contribution in [3.05, 3.63) is 35.9 Å². The van der Waals surface area contributed by atoms with Gasteiger partial charge in [0.25, 0.3) is 0 Å². The minimum absolute atomic E-state index is 0.500. The van der Waals surface area contributed by atoms with E-state index < -0.39 is 17.7 Å². The number of Topliss-reactive ketones (excluding diaryl/α,β-unsaturated/α-hetero) is 1. The van der Waals surface area contributed by atoms with Crippen LogP contribution in [0.4, 0.5) is 0 Å². The molecule has 0 radical (unpaired) electrons. The molecule has 3 heteroatoms. The highest BCUT2D eigenvalue weighted by Gasteiger charge is 2.25. The third-order valence-corrected chi connectivity index (χ3v) is 3.58. The number of ketones is 1. The predicted molar refractivity (Wildman–Crippen MR) is 79.8 cm³/mol. The normalized spacial score (nSPS) is 12.1. The van der Waals surface area contributed by atoms with Crippen LogP contribution in [-0.2, 0) is 9.59 Å². The summed E-state index contributed by atoms with van der Waals surface area (Å²) in [4.78, 5) is 22.7. The summed E-state index contributed by atoms with van der Waals surface area (Å²) >= 11 is 0. The van der Waals surface area contributed by atoms with Crippen LogP contribution in [0.15, 0.2) is 30.3 Å². The molecule has 0 aliphatic carbocycles. The van der Waals surface area contributed by atoms with Crippen molar-refractivity contribution >= 4 is 11.8 Å². The Labute approximate surface area is 121 Å². The Morgan fingerprint density at radius 3 is 2.20 bits per heavy atom. The number of rotatable bonds is 10. The number of carboxylic acid groups (broad SMARTS) is 1. The third kappa shape index (κ3) is 5.55. The fourth-order valence-electron chi connectivity index (χ4n) is 2.41. The molecule has 3 nitrogen and oxygen atoms in total. The summed E-state index contributed by atoms with van der Waals surface area (Å²) in [7, 11) is 0. The first kappa shape index (κ1) is 16.4. The number of aliphatic carboxylic acids is 1. The first-order valence-electron chi connectivity index (χ1n) is 7.49. The Morgan fingerprint density at radius 1 is 1.00 bits per heavy atom. The van der Waals surface area contributed by atoms with Crippen LogP contribution in [0.5, 0.6) is 0 Å². The van der Waals surface area contributed by atoms with Gasteiger partial charge in [0.2, 0.25) is 5.78 Å². The molecule has 1 aromatic rings. The molecule has 1 rings (SSSR count). The number of carbonyl (C=O) groups is 2. The van der Waals surface area contributed by atoms with Gasteiger partial charge in [-0.15, -0.1) is 0 Å². The molecular weight excluding hydrogens is 252 g/mol. The minimum atomic E-state index is -1.33. The number of hydrogen-bond donors (Lipinski definition) is 1. The number of benzene rings is 1. The quantitative estimate of drug-likeness (QED) is 0.515. The maximum Gasteiger partial charge on any atom is 0.372 e. The maximum absolute atomic E-state index is 11.8. The molecule has 0 spiro atoms. The van der Waals surface area contributed by atoms with E-state index >= 15 is 0 Å². The van der Waals surface area contributed by atoms with Crippen molar-refractivity contribution in [2.45, 2.75) is 57.8 Å². The smallest absolute Gasteiger partial charge is 0.372 e. The zero-order valence-corrected chi connectivity index (χ0v) is 12.2. The van der Waals surface area contributed by atoms with Crippen molar-refractivity contribution < 1.29 is 14.7 Å². The first-order valence-corrected chi connectivity index (χ1v) is 7.49. The second-order valence-electron chi connectivity index (χ2n) is 5.19. The lowest BCUT2D eigenvalue weighted by Crippen LogP contribution is -2.21. The summed E-state index contributed by atoms with van der Waals surface area (Å²) < 4.78 is 0. The van der Waals surface area contributed by atoms with Gasteiger partial charge in [0.1, 0.15) is 0 Å². The summed E-state index contributed by atoms with van der Waals surface area (Å²) in [6.45, 7) is 2.18. The van der Waals surface area contributed by atoms with Gasteiger partial charge in [-0.05, 0) is 12.0 Å². The van der Waals surface area contributed by atoms with Crippen LogP contribution in [0.1, 0.15) is 63.4 Å². The Balaban J connectivity index is 2.52. The minimum Gasteiger partial charge on any atom is -0.475 e. The van der Waals surface area contributed by atoms with Gasteiger partial charge in [0.15, 0.2) is 0 Å². The molecule has 0 saturated heterocycles. The van der Waals surface area contributed by atoms with Crippen molar-refractivity contribution in [1.29, 1.82) is 0 Å². The molecule has 110 valence electrons. The van der Waals surface area contributed by atoms with Gasteiger partial charge in [0, 0.05) is 0 Å². The summed E-state index contributed by atoms with van der Waals surface area (Å²) in [6, 6.07) is 9.24. The van der Waals surface area contributed by atoms with Crippen LogP contribution in [0.3, 0.4) is 0 Å². The van der Waals surface area contributed by atoms with E-state index in [1.54, 1.807) is 0 Å². The van der Waals surface area contributed by atoms with E-state index in [-0.39, 0.29) is 0 Å². The molecule has 20 heavy (non-hydrogen) atoms. The zero-order chi connectivity index (χ0) is 14.8. The van der Waals surface area contributed by atoms with Gasteiger partial charge in [-0.2, -0.15) is 0 Å². The van der Waals surface area contributed by atoms with E-state index in [1.165, 1.54) is 19.3 Å². The molecule has 1 atom stereocenters. The van der Waals surface area contributed by atoms with Gasteiger partial charge >= 0.3 is 5.97 Å². The fourth-order valence-corrected chi connectivity index (χ4v) is 2.41. The molecule has 1 aromatic carbocycles. The zero-order valence-electron chi connectivity index (χ0n) is 12.2. The largest absolute Gasteiger partial charge is 0.475 e. The molecule has 0 bridgehead atoms. The molecule has 0 aliphatic rings. The highest BCUT2D eigenvalue weighted by Crippen LogP contribution is 2.24. The summed E-state index contributed by atoms with van der Waals surface area (Å²) in [5.41, 5.74) is 0.813. The van der Waals surface area contributed by atoms with E-state index in [4.69, 9.17) is 5.11 Å². The maximum atomic E-state index is 11.8. The molecule has 0 aliphatic heterocycles. The van der Waals surface area contributed by atoms with Gasteiger partial charge in [-0.1, -0.05) is 75.8 Å². The topological polar surface area (TPSA) is 54.4 Å². The molecule has 1 unspecified atom stereocenters. The SMILES string of the molecule is CCCCCCCCC(C(=O)C(=O)O)c1ccccc1. The van der Waals surface area contributed by atoms with Crippen LogP contribution in [0, 0.1) is 0 Å². The molecule has 0 fully saturated rings. The molecule has 0 amide bonds. The Bertz CT molecular complexity index is 412. The standard InChI is InChI=1S/C17H24O3/c1-2-3-4-5-6-10-13-15(16(18)17(19)20)14-11-8-7-9-12-14/h7-9,11-12,15H,2-6,10,13H2,1H3,(H,19,20). The lowest BCUT2D eigenvalue weighted by Gasteiger charge is -2.13. The van der Waals surface area contributed by atoms with Crippen LogP contribution < -0.4 is 0 Å². The summed E-state index contributed by atoms with van der Waals surface area (Å²) in [5.74, 6) is -2.52. The number of hydrogen-bond acceptors (Lipinski definition) is 2. The van der Waals surface area contributed by atoms with Crippen molar-refractivity contribution in [2.24, 2.45) is 0 Å². The highest BCUT2D eigenvalue weighted by atomic mass is 16.4. The second-order valence-corrected chi connectivity index (χ2v) is 5.19. The van der Waals surface area contributed by atoms with Gasteiger partial charge in [-0.3, -0.25) is 4.79 Å². The monoisotopic (exact) mass is 276 g/mol. The van der Waals surface area contributed by atoms with E-state index in [1.807, 2.05) is 30.3 Å². The van der Waals surface area contributed by atoms with Crippen molar-refractivity contribution in [3.63, 3.8) is 0 Å². The van der Waals surface area contributed by atoms with Gasteiger partial charge in [-0.25, -0.2) is 4.79 Å². The van der Waals surface area contributed by atoms with E-state index in [9.17, 15) is 9.59 Å². The lowest BCUT2D eigenvalue weighted by atomic mass is 9.89. The van der Waals surface area contributed by atoms with Crippen molar-refractivity contribution in [1.82, 2.24) is 0 Å². The number of unbranched alkanes of at least 4 members (excludes halogenated alkanes) is 5. The number of carboxylic acids is 1. The highest BCUT2D eigenvalue weighted by molar-refractivity contribution is 6.34. The molecule has 0 aromatic heterocycles.